The van der Waals surface area contributed by atoms with E-state index in [1.54, 1.807) is 0 Å². The first-order valence-electron chi connectivity index (χ1n) is 15.4. The first-order valence-corrected chi connectivity index (χ1v) is 15.4. The Kier molecular flexibility index (Phi) is 8.15. The second kappa shape index (κ2) is 13.2. The molecule has 0 aliphatic heterocycles. The molecule has 0 aliphatic carbocycles. The topological polar surface area (TPSA) is 3.24 Å². The normalized spacial score (nSPS) is 11.2. The van der Waals surface area contributed by atoms with Crippen LogP contribution in [0.1, 0.15) is 16.7 Å². The van der Waals surface area contributed by atoms with Gasteiger partial charge in [0.05, 0.1) is 0 Å². The summed E-state index contributed by atoms with van der Waals surface area (Å²) in [5.41, 5.74) is 12.9. The maximum atomic E-state index is 2.30. The molecule has 0 aliphatic rings. The number of anilines is 3. The van der Waals surface area contributed by atoms with Crippen molar-refractivity contribution in [2.24, 2.45) is 0 Å². The fourth-order valence-electron chi connectivity index (χ4n) is 5.79. The summed E-state index contributed by atoms with van der Waals surface area (Å²) in [6.07, 6.45) is 2.30. The van der Waals surface area contributed by atoms with Gasteiger partial charge in [0.1, 0.15) is 0 Å². The summed E-state index contributed by atoms with van der Waals surface area (Å²) in [6, 6.07) is 68.8. The molecule has 0 radical (unpaired) electrons. The van der Waals surface area contributed by atoms with Crippen molar-refractivity contribution >= 4 is 28.7 Å². The van der Waals surface area contributed by atoms with E-state index in [1.807, 2.05) is 0 Å². The molecule has 0 spiro atoms. The Balaban J connectivity index is 1.24. The van der Waals surface area contributed by atoms with Crippen molar-refractivity contribution in [3.63, 3.8) is 0 Å². The smallest absolute Gasteiger partial charge is 0.0462 e. The fraction of sp³-hybridized carbons (Fsp3) is 0. The zero-order valence-corrected chi connectivity index (χ0v) is 25.0. The summed E-state index contributed by atoms with van der Waals surface area (Å²) in [4.78, 5) is 2.29. The van der Waals surface area contributed by atoms with Gasteiger partial charge in [0, 0.05) is 17.1 Å². The summed E-state index contributed by atoms with van der Waals surface area (Å²) >= 11 is 0. The molecule has 0 aromatic heterocycles. The first kappa shape index (κ1) is 27.9. The van der Waals surface area contributed by atoms with E-state index in [0.717, 1.165) is 22.6 Å². The van der Waals surface area contributed by atoms with Crippen molar-refractivity contribution in [1.82, 2.24) is 0 Å². The van der Waals surface area contributed by atoms with E-state index in [-0.39, 0.29) is 0 Å². The predicted molar refractivity (Wildman–Crippen MR) is 192 cm³/mol. The third kappa shape index (κ3) is 6.39. The zero-order valence-electron chi connectivity index (χ0n) is 25.0. The summed E-state index contributed by atoms with van der Waals surface area (Å²) in [5.74, 6) is 0. The van der Waals surface area contributed by atoms with Crippen LogP contribution in [-0.4, -0.2) is 0 Å². The Morgan fingerprint density at radius 2 is 0.756 bits per heavy atom. The Hall–Kier alpha value is -5.92. The lowest BCUT2D eigenvalue weighted by Gasteiger charge is -2.25. The lowest BCUT2D eigenvalue weighted by Crippen LogP contribution is -2.09. The highest BCUT2D eigenvalue weighted by Crippen LogP contribution is 2.35. The summed E-state index contributed by atoms with van der Waals surface area (Å²) in [5, 5.41) is 0. The lowest BCUT2D eigenvalue weighted by atomic mass is 9.92. The van der Waals surface area contributed by atoms with Crippen molar-refractivity contribution in [1.29, 1.82) is 0 Å². The maximum absolute atomic E-state index is 2.30. The highest BCUT2D eigenvalue weighted by atomic mass is 15.1. The van der Waals surface area contributed by atoms with Gasteiger partial charge in [-0.15, -0.1) is 0 Å². The quantitative estimate of drug-likeness (QED) is 0.163. The molecule has 0 N–H and O–H groups in total. The number of para-hydroxylation sites is 2. The molecule has 7 rings (SSSR count). The zero-order chi connectivity index (χ0) is 30.3. The molecule has 7 aromatic carbocycles. The van der Waals surface area contributed by atoms with Crippen LogP contribution in [0.3, 0.4) is 0 Å². The van der Waals surface area contributed by atoms with Crippen molar-refractivity contribution in [2.45, 2.75) is 0 Å². The van der Waals surface area contributed by atoms with Gasteiger partial charge < -0.3 is 4.90 Å². The molecular formula is C44H33N. The van der Waals surface area contributed by atoms with Gasteiger partial charge in [0.25, 0.3) is 0 Å². The molecule has 0 unspecified atom stereocenters. The molecule has 0 saturated heterocycles. The summed E-state index contributed by atoms with van der Waals surface area (Å²) in [7, 11) is 0. The van der Waals surface area contributed by atoms with Crippen LogP contribution in [0.15, 0.2) is 194 Å². The number of rotatable bonds is 8. The molecule has 0 heterocycles. The van der Waals surface area contributed by atoms with Gasteiger partial charge in [0.15, 0.2) is 0 Å². The van der Waals surface area contributed by atoms with Crippen LogP contribution in [0.25, 0.3) is 33.9 Å². The average Bonchev–Trinajstić information content (AvgIpc) is 3.13. The van der Waals surface area contributed by atoms with E-state index in [0.29, 0.717) is 0 Å². The van der Waals surface area contributed by atoms with Crippen LogP contribution in [0.5, 0.6) is 0 Å². The molecule has 0 bridgehead atoms. The second-order valence-electron chi connectivity index (χ2n) is 11.0. The fourth-order valence-corrected chi connectivity index (χ4v) is 5.79. The van der Waals surface area contributed by atoms with Gasteiger partial charge in [-0.3, -0.25) is 0 Å². The van der Waals surface area contributed by atoms with E-state index in [2.05, 4.69) is 205 Å². The third-order valence-corrected chi connectivity index (χ3v) is 8.07. The molecular weight excluding hydrogens is 542 g/mol. The van der Waals surface area contributed by atoms with Crippen molar-refractivity contribution in [3.05, 3.63) is 211 Å². The summed E-state index contributed by atoms with van der Waals surface area (Å²) in [6.45, 7) is 0. The molecule has 0 saturated carbocycles. The van der Waals surface area contributed by atoms with E-state index in [4.69, 9.17) is 0 Å². The minimum atomic E-state index is 1.12. The monoisotopic (exact) mass is 575 g/mol. The number of hydrogen-bond acceptors (Lipinski definition) is 1. The maximum Gasteiger partial charge on any atom is 0.0462 e. The van der Waals surface area contributed by atoms with E-state index in [9.17, 15) is 0 Å². The molecule has 214 valence electrons. The Labute approximate surface area is 266 Å². The minimum Gasteiger partial charge on any atom is -0.311 e. The van der Waals surface area contributed by atoms with Gasteiger partial charge in [-0.1, -0.05) is 152 Å². The molecule has 0 amide bonds. The van der Waals surface area contributed by atoms with Gasteiger partial charge in [-0.25, -0.2) is 0 Å². The highest BCUT2D eigenvalue weighted by molar-refractivity contribution is 5.93. The van der Waals surface area contributed by atoms with Crippen LogP contribution >= 0.6 is 0 Å². The molecule has 7 aromatic rings. The lowest BCUT2D eigenvalue weighted by molar-refractivity contribution is 1.28. The van der Waals surface area contributed by atoms with Crippen molar-refractivity contribution in [3.8, 4) is 22.3 Å². The average molecular weight is 576 g/mol. The van der Waals surface area contributed by atoms with Crippen LogP contribution < -0.4 is 4.90 Å². The van der Waals surface area contributed by atoms with Crippen LogP contribution in [0.2, 0.25) is 0 Å². The predicted octanol–water partition coefficient (Wildman–Crippen LogP) is 12.1. The Bertz CT molecular complexity index is 1950. The molecule has 45 heavy (non-hydrogen) atoms. The second-order valence-corrected chi connectivity index (χ2v) is 11.0. The number of nitrogens with zero attached hydrogens (tertiary/aromatic N) is 1. The largest absolute Gasteiger partial charge is 0.311 e. The van der Waals surface area contributed by atoms with Crippen molar-refractivity contribution in [2.75, 3.05) is 4.90 Å². The molecule has 1 heteroatoms. The SMILES string of the molecule is C(=C(c1ccccc1)c1cccc(-c2ccc(-c3ccccc3)cc2)c1)c1ccc(N(c2ccccc2)c2ccccc2)cc1. The Morgan fingerprint density at radius 3 is 1.33 bits per heavy atom. The highest BCUT2D eigenvalue weighted by Gasteiger charge is 2.12. The molecule has 0 fully saturated rings. The minimum absolute atomic E-state index is 1.12. The van der Waals surface area contributed by atoms with Crippen LogP contribution in [0.4, 0.5) is 17.1 Å². The van der Waals surface area contributed by atoms with Crippen LogP contribution in [0, 0.1) is 0 Å². The van der Waals surface area contributed by atoms with Gasteiger partial charge in [-0.05, 0) is 93.1 Å². The van der Waals surface area contributed by atoms with Gasteiger partial charge in [0.2, 0.25) is 0 Å². The third-order valence-electron chi connectivity index (χ3n) is 8.07. The van der Waals surface area contributed by atoms with E-state index < -0.39 is 0 Å². The standard InChI is InChI=1S/C44H33N/c1-5-14-35(15-6-1)36-26-28-37(29-27-36)39-18-13-19-40(33-39)44(38-16-7-2-8-17-38)32-34-24-30-43(31-25-34)45(41-20-9-3-10-21-41)42-22-11-4-12-23-42/h1-33H. The molecule has 1 nitrogen and oxygen atoms in total. The van der Waals surface area contributed by atoms with E-state index in [1.165, 1.54) is 39.0 Å². The Morgan fingerprint density at radius 1 is 0.333 bits per heavy atom. The summed E-state index contributed by atoms with van der Waals surface area (Å²) < 4.78 is 0. The van der Waals surface area contributed by atoms with Crippen molar-refractivity contribution < 1.29 is 0 Å². The van der Waals surface area contributed by atoms with Crippen LogP contribution in [-0.2, 0) is 0 Å². The van der Waals surface area contributed by atoms with E-state index >= 15 is 0 Å². The number of hydrogen-bond donors (Lipinski definition) is 0. The molecule has 0 atom stereocenters. The van der Waals surface area contributed by atoms with Gasteiger partial charge >= 0.3 is 0 Å². The van der Waals surface area contributed by atoms with Gasteiger partial charge in [-0.2, -0.15) is 0 Å². The number of benzene rings is 7. The first-order chi connectivity index (χ1) is 22.3.